The van der Waals surface area contributed by atoms with Gasteiger partial charge in [-0.25, -0.2) is 4.79 Å². The van der Waals surface area contributed by atoms with E-state index in [4.69, 9.17) is 9.84 Å². The van der Waals surface area contributed by atoms with Gasteiger partial charge >= 0.3 is 6.16 Å². The SMILES string of the molecule is CCCCCC(Cc1ccc(I)cc1)OC(=O)O. The molecule has 0 saturated heterocycles. The van der Waals surface area contributed by atoms with Crippen molar-refractivity contribution < 1.29 is 14.6 Å². The lowest BCUT2D eigenvalue weighted by atomic mass is 10.0. The van der Waals surface area contributed by atoms with Gasteiger partial charge in [0.15, 0.2) is 0 Å². The number of carbonyl (C=O) groups is 1. The molecule has 1 atom stereocenters. The summed E-state index contributed by atoms with van der Waals surface area (Å²) >= 11 is 2.25. The molecule has 0 radical (unpaired) electrons. The van der Waals surface area contributed by atoms with Crippen LogP contribution < -0.4 is 0 Å². The number of hydrogen-bond donors (Lipinski definition) is 1. The summed E-state index contributed by atoms with van der Waals surface area (Å²) in [5, 5.41) is 8.74. The Morgan fingerprint density at radius 2 is 2.00 bits per heavy atom. The predicted octanol–water partition coefficient (Wildman–Crippen LogP) is 4.48. The van der Waals surface area contributed by atoms with Crippen LogP contribution in [0.4, 0.5) is 4.79 Å². The minimum Gasteiger partial charge on any atom is -0.450 e. The summed E-state index contributed by atoms with van der Waals surface area (Å²) in [4.78, 5) is 10.7. The first kappa shape index (κ1) is 15.3. The van der Waals surface area contributed by atoms with Gasteiger partial charge in [0.05, 0.1) is 0 Å². The molecule has 0 aromatic heterocycles. The molecule has 0 spiro atoms. The maximum atomic E-state index is 10.7. The molecule has 1 N–H and O–H groups in total. The molecule has 3 nitrogen and oxygen atoms in total. The molecule has 1 aromatic rings. The van der Waals surface area contributed by atoms with Crippen LogP contribution in [0.25, 0.3) is 0 Å². The van der Waals surface area contributed by atoms with Crippen LogP contribution >= 0.6 is 22.6 Å². The zero-order chi connectivity index (χ0) is 13.4. The molecule has 1 aromatic carbocycles. The third-order valence-electron chi connectivity index (χ3n) is 2.77. The van der Waals surface area contributed by atoms with Crippen LogP contribution in [-0.4, -0.2) is 17.4 Å². The highest BCUT2D eigenvalue weighted by Gasteiger charge is 2.14. The van der Waals surface area contributed by atoms with Gasteiger partial charge in [-0.3, -0.25) is 0 Å². The van der Waals surface area contributed by atoms with Crippen LogP contribution in [-0.2, 0) is 11.2 Å². The average molecular weight is 362 g/mol. The van der Waals surface area contributed by atoms with Crippen molar-refractivity contribution in [1.29, 1.82) is 0 Å². The lowest BCUT2D eigenvalue weighted by molar-refractivity contribution is 0.0473. The van der Waals surface area contributed by atoms with Crippen molar-refractivity contribution in [2.75, 3.05) is 0 Å². The maximum Gasteiger partial charge on any atom is 0.506 e. The van der Waals surface area contributed by atoms with Crippen LogP contribution in [0.2, 0.25) is 0 Å². The van der Waals surface area contributed by atoms with E-state index in [1.54, 1.807) is 0 Å². The molecule has 0 aliphatic carbocycles. The van der Waals surface area contributed by atoms with E-state index in [-0.39, 0.29) is 6.10 Å². The standard InChI is InChI=1S/C14H19IO3/c1-2-3-4-5-13(18-14(16)17)10-11-6-8-12(15)9-7-11/h6-9,13H,2-5,10H2,1H3,(H,16,17). The summed E-state index contributed by atoms with van der Waals surface area (Å²) in [5.41, 5.74) is 1.12. The van der Waals surface area contributed by atoms with Crippen molar-refractivity contribution in [2.45, 2.75) is 45.1 Å². The van der Waals surface area contributed by atoms with Crippen molar-refractivity contribution in [2.24, 2.45) is 0 Å². The number of rotatable bonds is 7. The van der Waals surface area contributed by atoms with E-state index in [1.807, 2.05) is 24.3 Å². The number of hydrogen-bond acceptors (Lipinski definition) is 2. The van der Waals surface area contributed by atoms with E-state index in [9.17, 15) is 4.79 Å². The van der Waals surface area contributed by atoms with Crippen molar-refractivity contribution in [3.63, 3.8) is 0 Å². The number of unbranched alkanes of at least 4 members (excludes halogenated alkanes) is 2. The third kappa shape index (κ3) is 6.23. The highest BCUT2D eigenvalue weighted by Crippen LogP contribution is 2.15. The van der Waals surface area contributed by atoms with Gasteiger partial charge in [-0.2, -0.15) is 0 Å². The van der Waals surface area contributed by atoms with E-state index in [0.717, 1.165) is 31.2 Å². The molecule has 0 bridgehead atoms. The van der Waals surface area contributed by atoms with Gasteiger partial charge in [-0.05, 0) is 53.1 Å². The van der Waals surface area contributed by atoms with E-state index < -0.39 is 6.16 Å². The highest BCUT2D eigenvalue weighted by atomic mass is 127. The van der Waals surface area contributed by atoms with Gasteiger partial charge in [0.2, 0.25) is 0 Å². The fourth-order valence-corrected chi connectivity index (χ4v) is 2.21. The van der Waals surface area contributed by atoms with Gasteiger partial charge in [0.1, 0.15) is 6.10 Å². The second-order valence-electron chi connectivity index (χ2n) is 4.33. The molecule has 18 heavy (non-hydrogen) atoms. The molecule has 100 valence electrons. The van der Waals surface area contributed by atoms with E-state index in [1.165, 1.54) is 3.57 Å². The normalized spacial score (nSPS) is 12.1. The lowest BCUT2D eigenvalue weighted by Gasteiger charge is -2.16. The molecular formula is C14H19IO3. The van der Waals surface area contributed by atoms with Crippen molar-refractivity contribution in [3.8, 4) is 0 Å². The lowest BCUT2D eigenvalue weighted by Crippen LogP contribution is -2.19. The van der Waals surface area contributed by atoms with Crippen molar-refractivity contribution >= 4 is 28.7 Å². The molecule has 0 heterocycles. The fraction of sp³-hybridized carbons (Fsp3) is 0.500. The largest absolute Gasteiger partial charge is 0.506 e. The Hall–Kier alpha value is -0.780. The van der Waals surface area contributed by atoms with Crippen molar-refractivity contribution in [1.82, 2.24) is 0 Å². The minimum absolute atomic E-state index is 0.228. The smallest absolute Gasteiger partial charge is 0.450 e. The minimum atomic E-state index is -1.18. The molecule has 0 amide bonds. The van der Waals surface area contributed by atoms with Gasteiger partial charge in [0.25, 0.3) is 0 Å². The van der Waals surface area contributed by atoms with Gasteiger partial charge in [0, 0.05) is 9.99 Å². The predicted molar refractivity (Wildman–Crippen MR) is 79.9 cm³/mol. The molecule has 0 aliphatic heterocycles. The second kappa shape index (κ2) is 8.34. The molecule has 0 saturated carbocycles. The maximum absolute atomic E-state index is 10.7. The first-order chi connectivity index (χ1) is 8.61. The fourth-order valence-electron chi connectivity index (χ4n) is 1.85. The van der Waals surface area contributed by atoms with Crippen LogP contribution in [0.15, 0.2) is 24.3 Å². The molecule has 0 fully saturated rings. The van der Waals surface area contributed by atoms with Gasteiger partial charge in [-0.1, -0.05) is 31.9 Å². The van der Waals surface area contributed by atoms with E-state index in [2.05, 4.69) is 29.5 Å². The van der Waals surface area contributed by atoms with Crippen LogP contribution in [0.3, 0.4) is 0 Å². The molecule has 0 aliphatic rings. The van der Waals surface area contributed by atoms with Gasteiger partial charge in [-0.15, -0.1) is 0 Å². The number of carboxylic acid groups (broad SMARTS) is 1. The van der Waals surface area contributed by atoms with Crippen molar-refractivity contribution in [3.05, 3.63) is 33.4 Å². The van der Waals surface area contributed by atoms with Crippen LogP contribution in [0.5, 0.6) is 0 Å². The monoisotopic (exact) mass is 362 g/mol. The Balaban J connectivity index is 2.53. The summed E-state index contributed by atoms with van der Waals surface area (Å²) in [7, 11) is 0. The average Bonchev–Trinajstić information content (AvgIpc) is 2.31. The summed E-state index contributed by atoms with van der Waals surface area (Å²) < 4.78 is 6.12. The summed E-state index contributed by atoms with van der Waals surface area (Å²) in [6.07, 6.45) is 3.31. The Bertz CT molecular complexity index is 362. The molecule has 1 rings (SSSR count). The Morgan fingerprint density at radius 3 is 2.56 bits per heavy atom. The van der Waals surface area contributed by atoms with Crippen LogP contribution in [0, 0.1) is 3.57 Å². The Labute approximate surface area is 122 Å². The topological polar surface area (TPSA) is 46.5 Å². The number of ether oxygens (including phenoxy) is 1. The first-order valence-corrected chi connectivity index (χ1v) is 7.33. The van der Waals surface area contributed by atoms with Gasteiger partial charge < -0.3 is 9.84 Å². The summed E-state index contributed by atoms with van der Waals surface area (Å²) in [5.74, 6) is 0. The van der Waals surface area contributed by atoms with Crippen LogP contribution in [0.1, 0.15) is 38.2 Å². The van der Waals surface area contributed by atoms with E-state index >= 15 is 0 Å². The number of halogens is 1. The zero-order valence-electron chi connectivity index (χ0n) is 10.6. The summed E-state index contributed by atoms with van der Waals surface area (Å²) in [6.45, 7) is 2.13. The highest BCUT2D eigenvalue weighted by molar-refractivity contribution is 14.1. The summed E-state index contributed by atoms with van der Waals surface area (Å²) in [6, 6.07) is 8.11. The third-order valence-corrected chi connectivity index (χ3v) is 3.49. The molecule has 1 unspecified atom stereocenters. The van der Waals surface area contributed by atoms with E-state index in [0.29, 0.717) is 6.42 Å². The first-order valence-electron chi connectivity index (χ1n) is 6.26. The zero-order valence-corrected chi connectivity index (χ0v) is 12.7. The second-order valence-corrected chi connectivity index (χ2v) is 5.58. The molecule has 4 heteroatoms. The quantitative estimate of drug-likeness (QED) is 0.442. The Morgan fingerprint density at radius 1 is 1.33 bits per heavy atom. The number of benzene rings is 1. The Kier molecular flexibility index (Phi) is 7.08. The molecular weight excluding hydrogens is 343 g/mol.